The van der Waals surface area contributed by atoms with Gasteiger partial charge < -0.3 is 14.4 Å². The zero-order valence-electron chi connectivity index (χ0n) is 11.7. The molecular formula is C13H21N3O3S. The Balaban J connectivity index is 1.91. The minimum absolute atomic E-state index is 0.0134. The molecule has 0 saturated heterocycles. The summed E-state index contributed by atoms with van der Waals surface area (Å²) in [4.78, 5) is 10.7. The first-order valence-corrected chi connectivity index (χ1v) is 8.06. The summed E-state index contributed by atoms with van der Waals surface area (Å²) in [7, 11) is 0. The Morgan fingerprint density at radius 1 is 1.45 bits per heavy atom. The second kappa shape index (κ2) is 7.64. The molecule has 112 valence electrons. The fourth-order valence-corrected chi connectivity index (χ4v) is 2.58. The number of hydrogen-bond donors (Lipinski definition) is 1. The van der Waals surface area contributed by atoms with Crippen LogP contribution in [0.1, 0.15) is 44.3 Å². The highest BCUT2D eigenvalue weighted by Crippen LogP contribution is 2.39. The number of unbranched alkanes of at least 4 members (excludes halogenated alkanes) is 1. The lowest BCUT2D eigenvalue weighted by molar-refractivity contribution is -0.133. The van der Waals surface area contributed by atoms with E-state index in [0.717, 1.165) is 38.1 Å². The van der Waals surface area contributed by atoms with Gasteiger partial charge in [0.2, 0.25) is 0 Å². The van der Waals surface area contributed by atoms with Crippen molar-refractivity contribution in [2.24, 2.45) is 0 Å². The van der Waals surface area contributed by atoms with Crippen LogP contribution in [0.3, 0.4) is 0 Å². The molecule has 1 N–H and O–H groups in total. The van der Waals surface area contributed by atoms with Gasteiger partial charge in [-0.2, -0.15) is 0 Å². The molecule has 0 unspecified atom stereocenters. The minimum Gasteiger partial charge on any atom is -0.481 e. The van der Waals surface area contributed by atoms with Gasteiger partial charge >= 0.3 is 5.97 Å². The molecule has 1 aliphatic carbocycles. The normalized spacial score (nSPS) is 14.7. The average Bonchev–Trinajstić information content (AvgIpc) is 3.18. The van der Waals surface area contributed by atoms with Crippen molar-refractivity contribution < 1.29 is 14.6 Å². The maximum Gasteiger partial charge on any atom is 0.313 e. The Kier molecular flexibility index (Phi) is 5.85. The highest BCUT2D eigenvalue weighted by molar-refractivity contribution is 7.99. The van der Waals surface area contributed by atoms with Crippen LogP contribution < -0.4 is 0 Å². The molecule has 0 aliphatic heterocycles. The first-order chi connectivity index (χ1) is 9.72. The Bertz CT molecular complexity index is 446. The lowest BCUT2D eigenvalue weighted by atomic mass is 10.4. The zero-order valence-corrected chi connectivity index (χ0v) is 12.6. The van der Waals surface area contributed by atoms with Gasteiger partial charge in [-0.15, -0.1) is 10.2 Å². The molecule has 1 saturated carbocycles. The number of nitrogens with zero attached hydrogens (tertiary/aromatic N) is 3. The molecule has 1 fully saturated rings. The van der Waals surface area contributed by atoms with Crippen molar-refractivity contribution in [1.82, 2.24) is 14.8 Å². The summed E-state index contributed by atoms with van der Waals surface area (Å²) in [5.41, 5.74) is 0. The number of carbonyl (C=O) groups is 1. The molecule has 0 spiro atoms. The molecule has 2 rings (SSSR count). The van der Waals surface area contributed by atoms with Gasteiger partial charge in [0.05, 0.1) is 12.4 Å². The predicted octanol–water partition coefficient (Wildman–Crippen LogP) is 2.15. The summed E-state index contributed by atoms with van der Waals surface area (Å²) >= 11 is 1.22. The van der Waals surface area contributed by atoms with Gasteiger partial charge in [0.1, 0.15) is 5.82 Å². The van der Waals surface area contributed by atoms with Crippen LogP contribution in [0.15, 0.2) is 5.16 Å². The van der Waals surface area contributed by atoms with E-state index in [-0.39, 0.29) is 5.75 Å². The van der Waals surface area contributed by atoms with Gasteiger partial charge in [0.15, 0.2) is 5.16 Å². The van der Waals surface area contributed by atoms with E-state index in [4.69, 9.17) is 9.84 Å². The number of aromatic nitrogens is 3. The van der Waals surface area contributed by atoms with Crippen LogP contribution in [-0.4, -0.2) is 44.8 Å². The van der Waals surface area contributed by atoms with Crippen molar-refractivity contribution in [3.8, 4) is 0 Å². The SMILES string of the molecule is CCCCOCCn1c(SCC(=O)O)nnc1C1CC1. The number of carboxylic acids is 1. The standard InChI is InChI=1S/C13H21N3O3S/c1-2-3-7-19-8-6-16-12(10-4-5-10)14-15-13(16)20-9-11(17)18/h10H,2-9H2,1H3,(H,17,18). The van der Waals surface area contributed by atoms with Crippen LogP contribution in [0.25, 0.3) is 0 Å². The van der Waals surface area contributed by atoms with Crippen LogP contribution in [0.5, 0.6) is 0 Å². The van der Waals surface area contributed by atoms with Crippen molar-refractivity contribution in [1.29, 1.82) is 0 Å². The maximum absolute atomic E-state index is 10.7. The van der Waals surface area contributed by atoms with E-state index < -0.39 is 5.97 Å². The van der Waals surface area contributed by atoms with Gasteiger partial charge in [0.25, 0.3) is 0 Å². The number of rotatable bonds is 10. The van der Waals surface area contributed by atoms with Crippen molar-refractivity contribution >= 4 is 17.7 Å². The monoisotopic (exact) mass is 299 g/mol. The lowest BCUT2D eigenvalue weighted by Crippen LogP contribution is -2.11. The van der Waals surface area contributed by atoms with Gasteiger partial charge in [-0.3, -0.25) is 4.79 Å². The molecule has 0 aromatic carbocycles. The number of thioether (sulfide) groups is 1. The number of aliphatic carboxylic acids is 1. The molecule has 20 heavy (non-hydrogen) atoms. The van der Waals surface area contributed by atoms with Gasteiger partial charge in [-0.25, -0.2) is 0 Å². The highest BCUT2D eigenvalue weighted by Gasteiger charge is 2.30. The smallest absolute Gasteiger partial charge is 0.313 e. The second-order valence-corrected chi connectivity index (χ2v) is 5.86. The molecule has 1 heterocycles. The van der Waals surface area contributed by atoms with Crippen LogP contribution in [0.2, 0.25) is 0 Å². The first-order valence-electron chi connectivity index (χ1n) is 7.07. The van der Waals surface area contributed by atoms with Crippen LogP contribution in [-0.2, 0) is 16.1 Å². The summed E-state index contributed by atoms with van der Waals surface area (Å²) in [5, 5.41) is 17.8. The summed E-state index contributed by atoms with van der Waals surface area (Å²) < 4.78 is 7.61. The molecule has 7 heteroatoms. The van der Waals surface area contributed by atoms with Crippen molar-refractivity contribution in [3.05, 3.63) is 5.82 Å². The third-order valence-corrected chi connectivity index (χ3v) is 4.07. The molecule has 0 atom stereocenters. The molecule has 0 bridgehead atoms. The van der Waals surface area contributed by atoms with E-state index in [1.54, 1.807) is 0 Å². The van der Waals surface area contributed by atoms with Gasteiger partial charge in [-0.1, -0.05) is 25.1 Å². The number of carboxylic acid groups (broad SMARTS) is 1. The van der Waals surface area contributed by atoms with E-state index in [0.29, 0.717) is 24.2 Å². The van der Waals surface area contributed by atoms with Crippen molar-refractivity contribution in [3.63, 3.8) is 0 Å². The molecular weight excluding hydrogens is 278 g/mol. The fraction of sp³-hybridized carbons (Fsp3) is 0.769. The molecule has 1 aromatic heterocycles. The summed E-state index contributed by atoms with van der Waals surface area (Å²) in [6.45, 7) is 4.23. The topological polar surface area (TPSA) is 77.2 Å². The van der Waals surface area contributed by atoms with Gasteiger partial charge in [-0.05, 0) is 19.3 Å². The molecule has 0 amide bonds. The van der Waals surface area contributed by atoms with E-state index in [9.17, 15) is 4.79 Å². The van der Waals surface area contributed by atoms with Gasteiger partial charge in [0, 0.05) is 19.1 Å². The summed E-state index contributed by atoms with van der Waals surface area (Å²) in [6, 6.07) is 0. The summed E-state index contributed by atoms with van der Waals surface area (Å²) in [5.74, 6) is 0.658. The first kappa shape index (κ1) is 15.3. The average molecular weight is 299 g/mol. The van der Waals surface area contributed by atoms with E-state index >= 15 is 0 Å². The molecule has 1 aliphatic rings. The third-order valence-electron chi connectivity index (χ3n) is 3.11. The molecule has 1 aromatic rings. The largest absolute Gasteiger partial charge is 0.481 e. The Hall–Kier alpha value is -1.08. The Labute approximate surface area is 122 Å². The fourth-order valence-electron chi connectivity index (χ4n) is 1.89. The second-order valence-electron chi connectivity index (χ2n) is 4.92. The predicted molar refractivity (Wildman–Crippen MR) is 76.1 cm³/mol. The lowest BCUT2D eigenvalue weighted by Gasteiger charge is -2.09. The molecule has 6 nitrogen and oxygen atoms in total. The van der Waals surface area contributed by atoms with Crippen molar-refractivity contribution in [2.45, 2.75) is 50.2 Å². The van der Waals surface area contributed by atoms with E-state index in [1.807, 2.05) is 4.57 Å². The summed E-state index contributed by atoms with van der Waals surface area (Å²) in [6.07, 6.45) is 4.49. The minimum atomic E-state index is -0.836. The highest BCUT2D eigenvalue weighted by atomic mass is 32.2. The van der Waals surface area contributed by atoms with Crippen molar-refractivity contribution in [2.75, 3.05) is 19.0 Å². The van der Waals surface area contributed by atoms with Crippen LogP contribution >= 0.6 is 11.8 Å². The van der Waals surface area contributed by atoms with Crippen LogP contribution in [0.4, 0.5) is 0 Å². The number of hydrogen-bond acceptors (Lipinski definition) is 5. The zero-order chi connectivity index (χ0) is 14.4. The van der Waals surface area contributed by atoms with E-state index in [1.165, 1.54) is 11.8 Å². The Morgan fingerprint density at radius 3 is 2.90 bits per heavy atom. The van der Waals surface area contributed by atoms with E-state index in [2.05, 4.69) is 17.1 Å². The maximum atomic E-state index is 10.7. The quantitative estimate of drug-likeness (QED) is 0.527. The number of ether oxygens (including phenoxy) is 1. The Morgan fingerprint density at radius 2 is 2.25 bits per heavy atom. The molecule has 0 radical (unpaired) electrons. The third kappa shape index (κ3) is 4.49. The van der Waals surface area contributed by atoms with Crippen LogP contribution in [0, 0.1) is 0 Å².